The van der Waals surface area contributed by atoms with Crippen molar-refractivity contribution in [2.45, 2.75) is 6.73 Å². The predicted octanol–water partition coefficient (Wildman–Crippen LogP) is 4.16. The summed E-state index contributed by atoms with van der Waals surface area (Å²) < 4.78 is 6.61. The molecule has 0 bridgehead atoms. The van der Waals surface area contributed by atoms with Gasteiger partial charge in [-0.3, -0.25) is 0 Å². The number of rotatable bonds is 5. The number of methoxy groups -OCH3 is 1. The monoisotopic (exact) mass is 334 g/mol. The van der Waals surface area contributed by atoms with E-state index in [9.17, 15) is 9.90 Å². The standard InChI is InChI=1S/C14H14N2O3.C6H4/c1-3-10-8-16(9-19-2)15-13(10)11-6-4-5-7-12(11)14(17)18;1-2-5-4-6(5)3-1/h3-8H,1,9H2,2H3,(H,17,18);1-4H. The number of aromatic carboxylic acids is 1. The average molecular weight is 334 g/mol. The summed E-state index contributed by atoms with van der Waals surface area (Å²) in [5.74, 6) is -0.980. The van der Waals surface area contributed by atoms with Gasteiger partial charge in [0.05, 0.1) is 5.56 Å². The molecule has 25 heavy (non-hydrogen) atoms. The highest BCUT2D eigenvalue weighted by Crippen LogP contribution is 2.32. The van der Waals surface area contributed by atoms with Gasteiger partial charge in [0.1, 0.15) is 12.4 Å². The van der Waals surface area contributed by atoms with Crippen molar-refractivity contribution in [1.29, 1.82) is 0 Å². The van der Waals surface area contributed by atoms with E-state index in [1.54, 1.807) is 48.3 Å². The van der Waals surface area contributed by atoms with Crippen molar-refractivity contribution in [1.82, 2.24) is 9.78 Å². The van der Waals surface area contributed by atoms with Crippen LogP contribution in [0.4, 0.5) is 0 Å². The summed E-state index contributed by atoms with van der Waals surface area (Å²) in [6, 6.07) is 15.2. The Labute approximate surface area is 145 Å². The fourth-order valence-corrected chi connectivity index (χ4v) is 2.55. The number of carbonyl (C=O) groups is 1. The molecule has 2 aliphatic rings. The fraction of sp³-hybridized carbons (Fsp3) is 0.100. The number of carboxylic acids is 1. The third-order valence-corrected chi connectivity index (χ3v) is 3.80. The molecule has 0 amide bonds. The summed E-state index contributed by atoms with van der Waals surface area (Å²) in [4.78, 5) is 11.2. The van der Waals surface area contributed by atoms with Gasteiger partial charge in [-0.1, -0.05) is 49.1 Å². The molecule has 0 saturated carbocycles. The molecule has 0 spiro atoms. The van der Waals surface area contributed by atoms with Crippen molar-refractivity contribution >= 4 is 12.0 Å². The number of fused-ring (bicyclic) bond motifs is 1. The molecule has 0 radical (unpaired) electrons. The Morgan fingerprint density at radius 1 is 1.24 bits per heavy atom. The minimum absolute atomic E-state index is 0.216. The first kappa shape index (κ1) is 16.7. The van der Waals surface area contributed by atoms with Crippen LogP contribution in [0.5, 0.6) is 0 Å². The SMILES string of the molecule is C=Cc1cn(COC)nc1-c1ccccc1C(=O)O.c1cc2cc-2c1. The highest BCUT2D eigenvalue weighted by molar-refractivity contribution is 5.96. The molecular weight excluding hydrogens is 316 g/mol. The van der Waals surface area contributed by atoms with Crippen LogP contribution >= 0.6 is 0 Å². The van der Waals surface area contributed by atoms with E-state index < -0.39 is 5.97 Å². The summed E-state index contributed by atoms with van der Waals surface area (Å²) in [6.07, 6.45) is 3.41. The van der Waals surface area contributed by atoms with Gasteiger partial charge in [-0.05, 0) is 23.3 Å². The molecule has 4 rings (SSSR count). The van der Waals surface area contributed by atoms with Gasteiger partial charge < -0.3 is 9.84 Å². The van der Waals surface area contributed by atoms with Crippen LogP contribution in [0.15, 0.2) is 61.3 Å². The Hall–Kier alpha value is -3.18. The molecule has 0 fully saturated rings. The third-order valence-electron chi connectivity index (χ3n) is 3.80. The maximum Gasteiger partial charge on any atom is 0.336 e. The van der Waals surface area contributed by atoms with Crippen LogP contribution in [0.1, 0.15) is 15.9 Å². The van der Waals surface area contributed by atoms with E-state index in [0.29, 0.717) is 18.0 Å². The molecule has 1 aromatic carbocycles. The Balaban J connectivity index is 0.000000250. The smallest absolute Gasteiger partial charge is 0.336 e. The van der Waals surface area contributed by atoms with Crippen molar-refractivity contribution < 1.29 is 14.6 Å². The van der Waals surface area contributed by atoms with E-state index in [-0.39, 0.29) is 5.56 Å². The Morgan fingerprint density at radius 2 is 1.96 bits per heavy atom. The van der Waals surface area contributed by atoms with E-state index in [1.807, 2.05) is 0 Å². The molecule has 2 aliphatic carbocycles. The summed E-state index contributed by atoms with van der Waals surface area (Å²) in [5, 5.41) is 13.6. The average Bonchev–Trinajstić information content (AvgIpc) is 3.04. The molecule has 0 unspecified atom stereocenters. The number of benzene rings is 2. The van der Waals surface area contributed by atoms with Crippen molar-refractivity contribution in [3.05, 3.63) is 72.4 Å². The second-order valence-corrected chi connectivity index (χ2v) is 5.53. The Bertz CT molecular complexity index is 911. The van der Waals surface area contributed by atoms with E-state index in [4.69, 9.17) is 4.74 Å². The summed E-state index contributed by atoms with van der Waals surface area (Å²) in [6.45, 7) is 4.03. The van der Waals surface area contributed by atoms with Gasteiger partial charge in [0.15, 0.2) is 0 Å². The van der Waals surface area contributed by atoms with Crippen LogP contribution < -0.4 is 0 Å². The third kappa shape index (κ3) is 3.67. The first-order valence-electron chi connectivity index (χ1n) is 7.76. The van der Waals surface area contributed by atoms with Crippen LogP contribution in [0.3, 0.4) is 0 Å². The quantitative estimate of drug-likeness (QED) is 0.595. The molecule has 126 valence electrons. The lowest BCUT2D eigenvalue weighted by Crippen LogP contribution is -2.02. The number of carboxylic acid groups (broad SMARTS) is 1. The topological polar surface area (TPSA) is 64.4 Å². The van der Waals surface area contributed by atoms with Crippen molar-refractivity contribution in [3.8, 4) is 22.4 Å². The van der Waals surface area contributed by atoms with Crippen LogP contribution in [-0.2, 0) is 11.5 Å². The van der Waals surface area contributed by atoms with Crippen molar-refractivity contribution in [2.24, 2.45) is 0 Å². The number of nitrogens with zero attached hydrogens (tertiary/aromatic N) is 2. The highest BCUT2D eigenvalue weighted by Gasteiger charge is 2.16. The van der Waals surface area contributed by atoms with Gasteiger partial charge in [0.25, 0.3) is 0 Å². The molecule has 5 heteroatoms. The number of ether oxygens (including phenoxy) is 1. The summed E-state index contributed by atoms with van der Waals surface area (Å²) >= 11 is 0. The second-order valence-electron chi connectivity index (χ2n) is 5.53. The van der Waals surface area contributed by atoms with Crippen LogP contribution in [-0.4, -0.2) is 28.0 Å². The number of hydrogen-bond donors (Lipinski definition) is 1. The predicted molar refractivity (Wildman–Crippen MR) is 97.2 cm³/mol. The lowest BCUT2D eigenvalue weighted by Gasteiger charge is -2.04. The normalized spacial score (nSPS) is 10.6. The summed E-state index contributed by atoms with van der Waals surface area (Å²) in [7, 11) is 1.57. The highest BCUT2D eigenvalue weighted by atomic mass is 16.5. The first-order valence-corrected chi connectivity index (χ1v) is 7.76. The molecule has 0 aliphatic heterocycles. The number of aromatic nitrogens is 2. The molecule has 1 aromatic heterocycles. The van der Waals surface area contributed by atoms with Crippen molar-refractivity contribution in [2.75, 3.05) is 7.11 Å². The van der Waals surface area contributed by atoms with Gasteiger partial charge in [-0.25, -0.2) is 9.48 Å². The van der Waals surface area contributed by atoms with E-state index in [0.717, 1.165) is 5.56 Å². The molecule has 0 saturated heterocycles. The van der Waals surface area contributed by atoms with Gasteiger partial charge in [-0.15, -0.1) is 0 Å². The molecule has 1 N–H and O–H groups in total. The van der Waals surface area contributed by atoms with Gasteiger partial charge >= 0.3 is 5.97 Å². The number of hydrogen-bond acceptors (Lipinski definition) is 3. The van der Waals surface area contributed by atoms with Crippen LogP contribution in [0.2, 0.25) is 0 Å². The summed E-state index contributed by atoms with van der Waals surface area (Å²) in [5.41, 5.74) is 4.99. The van der Waals surface area contributed by atoms with Gasteiger partial charge in [-0.2, -0.15) is 5.10 Å². The zero-order valence-corrected chi connectivity index (χ0v) is 13.8. The van der Waals surface area contributed by atoms with Gasteiger partial charge in [0.2, 0.25) is 0 Å². The van der Waals surface area contributed by atoms with Crippen LogP contribution in [0, 0.1) is 0 Å². The van der Waals surface area contributed by atoms with Crippen LogP contribution in [0.25, 0.3) is 28.5 Å². The maximum absolute atomic E-state index is 11.2. The van der Waals surface area contributed by atoms with Gasteiger partial charge in [0, 0.05) is 24.4 Å². The Morgan fingerprint density at radius 3 is 2.48 bits per heavy atom. The lowest BCUT2D eigenvalue weighted by atomic mass is 10.0. The Kier molecular flexibility index (Phi) is 4.77. The first-order chi connectivity index (χ1) is 12.1. The molecule has 0 atom stereocenters. The molecule has 2 aromatic rings. The molecule has 1 heterocycles. The largest absolute Gasteiger partial charge is 0.478 e. The van der Waals surface area contributed by atoms with E-state index in [1.165, 1.54) is 11.1 Å². The maximum atomic E-state index is 11.2. The zero-order chi connectivity index (χ0) is 17.8. The minimum Gasteiger partial charge on any atom is -0.478 e. The van der Waals surface area contributed by atoms with E-state index >= 15 is 0 Å². The lowest BCUT2D eigenvalue weighted by molar-refractivity contribution is 0.0697. The molecular formula is C20H18N2O3. The van der Waals surface area contributed by atoms with E-state index in [2.05, 4.69) is 35.9 Å². The zero-order valence-electron chi connectivity index (χ0n) is 13.8. The minimum atomic E-state index is -0.980. The van der Waals surface area contributed by atoms with Crippen molar-refractivity contribution in [3.63, 3.8) is 0 Å². The fourth-order valence-electron chi connectivity index (χ4n) is 2.55. The second kappa shape index (κ2) is 7.15. The molecule has 5 nitrogen and oxygen atoms in total.